The van der Waals surface area contributed by atoms with E-state index in [4.69, 9.17) is 9.05 Å². The van der Waals surface area contributed by atoms with Crippen molar-refractivity contribution in [2.45, 2.75) is 142 Å². The van der Waals surface area contributed by atoms with Crippen molar-refractivity contribution >= 4 is 13.7 Å². The van der Waals surface area contributed by atoms with Crippen LogP contribution in [0.15, 0.2) is 36.5 Å². The van der Waals surface area contributed by atoms with E-state index in [1.54, 1.807) is 13.0 Å². The Labute approximate surface area is 270 Å². The van der Waals surface area contributed by atoms with Gasteiger partial charge < -0.3 is 28.8 Å². The van der Waals surface area contributed by atoms with Crippen molar-refractivity contribution in [2.24, 2.45) is 0 Å². The van der Waals surface area contributed by atoms with Gasteiger partial charge in [-0.05, 0) is 38.5 Å². The molecule has 0 bridgehead atoms. The van der Waals surface area contributed by atoms with Crippen LogP contribution < -0.4 is 10.2 Å². The van der Waals surface area contributed by atoms with E-state index < -0.39 is 26.6 Å². The van der Waals surface area contributed by atoms with E-state index in [0.29, 0.717) is 11.0 Å². The third-order valence-electron chi connectivity index (χ3n) is 7.39. The lowest BCUT2D eigenvalue weighted by atomic mass is 10.0. The second-order valence-corrected chi connectivity index (χ2v) is 14.2. The number of hydrogen-bond acceptors (Lipinski definition) is 6. The number of hydrogen-bond donors (Lipinski definition) is 2. The third-order valence-corrected chi connectivity index (χ3v) is 8.36. The van der Waals surface area contributed by atoms with Crippen LogP contribution in [-0.4, -0.2) is 68.5 Å². The maximum atomic E-state index is 12.1. The largest absolute Gasteiger partial charge is 0.756 e. The Kier molecular flexibility index (Phi) is 27.2. The van der Waals surface area contributed by atoms with Gasteiger partial charge in [0, 0.05) is 6.42 Å². The fourth-order valence-corrected chi connectivity index (χ4v) is 5.22. The Hall–Kier alpha value is -1.28. The molecule has 0 spiro atoms. The molecule has 44 heavy (non-hydrogen) atoms. The van der Waals surface area contributed by atoms with E-state index in [0.717, 1.165) is 25.7 Å². The molecular weight excluding hydrogens is 575 g/mol. The van der Waals surface area contributed by atoms with Gasteiger partial charge in [-0.25, -0.2) is 0 Å². The van der Waals surface area contributed by atoms with Crippen LogP contribution in [0.5, 0.6) is 0 Å². The van der Waals surface area contributed by atoms with E-state index in [2.05, 4.69) is 36.5 Å². The van der Waals surface area contributed by atoms with Gasteiger partial charge in [0.1, 0.15) is 13.2 Å². The third kappa shape index (κ3) is 29.4. The number of rotatable bonds is 30. The molecule has 3 atom stereocenters. The first-order chi connectivity index (χ1) is 21.0. The van der Waals surface area contributed by atoms with Gasteiger partial charge in [-0.1, -0.05) is 121 Å². The predicted molar refractivity (Wildman–Crippen MR) is 182 cm³/mol. The van der Waals surface area contributed by atoms with Gasteiger partial charge in [0.05, 0.1) is 39.9 Å². The summed E-state index contributed by atoms with van der Waals surface area (Å²) in [6, 6.07) is -0.903. The van der Waals surface area contributed by atoms with Gasteiger partial charge in [0.2, 0.25) is 5.91 Å². The normalized spacial score (nSPS) is 15.3. The number of phosphoric ester groups is 1. The molecule has 0 aliphatic carbocycles. The van der Waals surface area contributed by atoms with Crippen LogP contribution in [0.3, 0.4) is 0 Å². The zero-order chi connectivity index (χ0) is 32.9. The highest BCUT2D eigenvalue weighted by Gasteiger charge is 2.22. The first-order valence-electron chi connectivity index (χ1n) is 17.4. The van der Waals surface area contributed by atoms with E-state index in [-0.39, 0.29) is 18.9 Å². The molecule has 0 aromatic rings. The molecule has 0 aliphatic rings. The minimum Gasteiger partial charge on any atom is -0.756 e. The summed E-state index contributed by atoms with van der Waals surface area (Å²) in [5.74, 6) is -0.302. The molecule has 258 valence electrons. The highest BCUT2D eigenvalue weighted by Crippen LogP contribution is 2.38. The van der Waals surface area contributed by atoms with Crippen LogP contribution in [-0.2, 0) is 18.4 Å². The fraction of sp³-hybridized carbons (Fsp3) is 0.800. The second kappa shape index (κ2) is 28.0. The van der Waals surface area contributed by atoms with Crippen LogP contribution in [0, 0.1) is 0 Å². The monoisotopic (exact) mass is 642 g/mol. The lowest BCUT2D eigenvalue weighted by Crippen LogP contribution is -2.45. The SMILES string of the molecule is CCCCCCCCCCCCCC/C=C/CC/C=C/CC/C=C/C(O)C(COP(=O)([O-])OCC[N+](C)(C)C)NC(=O)CC. The second-order valence-electron chi connectivity index (χ2n) is 12.8. The van der Waals surface area contributed by atoms with Crippen LogP contribution in [0.4, 0.5) is 0 Å². The summed E-state index contributed by atoms with van der Waals surface area (Å²) in [7, 11) is 1.22. The quantitative estimate of drug-likeness (QED) is 0.0359. The minimum absolute atomic E-state index is 0.0119. The number of carbonyl (C=O) groups excluding carboxylic acids is 1. The van der Waals surface area contributed by atoms with Crippen LogP contribution >= 0.6 is 7.82 Å². The van der Waals surface area contributed by atoms with Gasteiger partial charge in [0.15, 0.2) is 0 Å². The summed E-state index contributed by atoms with van der Waals surface area (Å²) in [6.45, 7) is 4.03. The number of aliphatic hydroxyl groups excluding tert-OH is 1. The molecule has 0 aromatic heterocycles. The average Bonchev–Trinajstić information content (AvgIpc) is 2.96. The molecule has 0 saturated carbocycles. The molecule has 0 rings (SSSR count). The van der Waals surface area contributed by atoms with Crippen molar-refractivity contribution in [3.8, 4) is 0 Å². The molecule has 0 radical (unpaired) electrons. The first-order valence-corrected chi connectivity index (χ1v) is 18.8. The minimum atomic E-state index is -4.55. The number of aliphatic hydroxyl groups is 1. The van der Waals surface area contributed by atoms with Gasteiger partial charge in [0.25, 0.3) is 7.82 Å². The molecule has 0 aliphatic heterocycles. The Bertz CT molecular complexity index is 825. The fourth-order valence-electron chi connectivity index (χ4n) is 4.50. The molecule has 1 amide bonds. The number of amides is 1. The number of nitrogens with zero attached hydrogens (tertiary/aromatic N) is 1. The highest BCUT2D eigenvalue weighted by molar-refractivity contribution is 7.45. The first kappa shape index (κ1) is 42.7. The van der Waals surface area contributed by atoms with Crippen LogP contribution in [0.1, 0.15) is 129 Å². The molecular formula is C35H67N2O6P. The van der Waals surface area contributed by atoms with Crippen molar-refractivity contribution in [1.29, 1.82) is 0 Å². The summed E-state index contributed by atoms with van der Waals surface area (Å²) < 4.78 is 22.5. The number of quaternary nitrogens is 1. The topological polar surface area (TPSA) is 108 Å². The van der Waals surface area contributed by atoms with Crippen molar-refractivity contribution in [2.75, 3.05) is 40.9 Å². The number of carbonyl (C=O) groups is 1. The standard InChI is InChI=1S/C35H67N2O6P/c1-6-8-9-10-11-12-13-14-15-16-17-18-19-20-21-22-23-24-25-26-27-28-29-34(38)33(36-35(39)7-2)32-43-44(40,41)42-31-30-37(3,4)5/h20-21,24-25,28-29,33-34,38H,6-19,22-23,26-27,30-32H2,1-5H3,(H-,36,39,40,41)/b21-20+,25-24+,29-28+. The zero-order valence-corrected chi connectivity index (χ0v) is 29.7. The average molecular weight is 643 g/mol. The summed E-state index contributed by atoms with van der Waals surface area (Å²) >= 11 is 0. The Morgan fingerprint density at radius 1 is 0.773 bits per heavy atom. The van der Waals surface area contributed by atoms with Gasteiger partial charge in [-0.3, -0.25) is 9.36 Å². The maximum Gasteiger partial charge on any atom is 0.268 e. The zero-order valence-electron chi connectivity index (χ0n) is 28.9. The van der Waals surface area contributed by atoms with Gasteiger partial charge >= 0.3 is 0 Å². The van der Waals surface area contributed by atoms with Crippen molar-refractivity contribution < 1.29 is 32.9 Å². The molecule has 2 N–H and O–H groups in total. The molecule has 0 fully saturated rings. The van der Waals surface area contributed by atoms with Gasteiger partial charge in [-0.15, -0.1) is 0 Å². The summed E-state index contributed by atoms with van der Waals surface area (Å²) in [5, 5.41) is 13.2. The van der Waals surface area contributed by atoms with E-state index in [9.17, 15) is 19.4 Å². The predicted octanol–water partition coefficient (Wildman–Crippen LogP) is 7.77. The van der Waals surface area contributed by atoms with E-state index in [1.807, 2.05) is 27.2 Å². The Morgan fingerprint density at radius 2 is 1.25 bits per heavy atom. The van der Waals surface area contributed by atoms with Crippen molar-refractivity contribution in [1.82, 2.24) is 5.32 Å². The van der Waals surface area contributed by atoms with Crippen LogP contribution in [0.2, 0.25) is 0 Å². The molecule has 0 aromatic carbocycles. The maximum absolute atomic E-state index is 12.1. The van der Waals surface area contributed by atoms with Crippen molar-refractivity contribution in [3.05, 3.63) is 36.5 Å². The van der Waals surface area contributed by atoms with Crippen molar-refractivity contribution in [3.63, 3.8) is 0 Å². The molecule has 9 heteroatoms. The summed E-state index contributed by atoms with van der Waals surface area (Å²) in [6.07, 6.45) is 32.8. The molecule has 0 saturated heterocycles. The number of likely N-dealkylation sites (N-methyl/N-ethyl adjacent to an activating group) is 1. The molecule has 0 heterocycles. The smallest absolute Gasteiger partial charge is 0.268 e. The van der Waals surface area contributed by atoms with Gasteiger partial charge in [-0.2, -0.15) is 0 Å². The molecule has 8 nitrogen and oxygen atoms in total. The van der Waals surface area contributed by atoms with E-state index in [1.165, 1.54) is 83.5 Å². The summed E-state index contributed by atoms with van der Waals surface area (Å²) in [5.41, 5.74) is 0. The summed E-state index contributed by atoms with van der Waals surface area (Å²) in [4.78, 5) is 24.0. The lowest BCUT2D eigenvalue weighted by molar-refractivity contribution is -0.870. The number of unbranched alkanes of at least 4 members (excludes halogenated alkanes) is 14. The number of nitrogens with one attached hydrogen (secondary N) is 1. The molecule has 3 unspecified atom stereocenters. The van der Waals surface area contributed by atoms with Crippen LogP contribution in [0.25, 0.3) is 0 Å². The number of phosphoric acid groups is 1. The Morgan fingerprint density at radius 3 is 1.75 bits per heavy atom. The lowest BCUT2D eigenvalue weighted by Gasteiger charge is -2.29. The van der Waals surface area contributed by atoms with E-state index >= 15 is 0 Å². The number of allylic oxidation sites excluding steroid dienone is 5. The Balaban J connectivity index is 4.05. The highest BCUT2D eigenvalue weighted by atomic mass is 31.2.